The van der Waals surface area contributed by atoms with E-state index < -0.39 is 0 Å². The summed E-state index contributed by atoms with van der Waals surface area (Å²) in [5.41, 5.74) is 0.790. The van der Waals surface area contributed by atoms with Crippen molar-refractivity contribution in [2.24, 2.45) is 0 Å². The van der Waals surface area contributed by atoms with Crippen LogP contribution in [-0.4, -0.2) is 11.7 Å². The van der Waals surface area contributed by atoms with Gasteiger partial charge in [-0.25, -0.2) is 0 Å². The maximum Gasteiger partial charge on any atom is 0.261 e. The van der Waals surface area contributed by atoms with Crippen LogP contribution in [0.15, 0.2) is 30.3 Å². The van der Waals surface area contributed by atoms with Crippen LogP contribution in [-0.2, 0) is 0 Å². The summed E-state index contributed by atoms with van der Waals surface area (Å²) in [6, 6.07) is 8.19. The number of hydrogen-bond donors (Lipinski definition) is 1. The van der Waals surface area contributed by atoms with Gasteiger partial charge in [0.2, 0.25) is 0 Å². The lowest BCUT2D eigenvalue weighted by Crippen LogP contribution is -2.26. The first-order valence-electron chi connectivity index (χ1n) is 6.25. The fourth-order valence-corrected chi connectivity index (χ4v) is 3.22. The SMILES string of the molecule is CC(=O)c1ccc(C(=O)N[C@H](C)c2ccc(Cl)cc2Cl)s1. The standard InChI is InChI=1S/C15H13Cl2NO2S/c1-8(11-4-3-10(16)7-12(11)17)18-15(20)14-6-5-13(21-14)9(2)19/h3-8H,1-2H3,(H,18,20)/t8-/m1/s1. The molecule has 1 aromatic heterocycles. The van der Waals surface area contributed by atoms with Gasteiger partial charge < -0.3 is 5.32 Å². The lowest BCUT2D eigenvalue weighted by molar-refractivity contribution is 0.0943. The number of ketones is 1. The zero-order valence-corrected chi connectivity index (χ0v) is 13.8. The fraction of sp³-hybridized carbons (Fsp3) is 0.200. The van der Waals surface area contributed by atoms with Gasteiger partial charge in [-0.15, -0.1) is 11.3 Å². The van der Waals surface area contributed by atoms with Crippen molar-refractivity contribution < 1.29 is 9.59 Å². The first-order valence-corrected chi connectivity index (χ1v) is 7.82. The van der Waals surface area contributed by atoms with Crippen molar-refractivity contribution in [2.45, 2.75) is 19.9 Å². The minimum Gasteiger partial charge on any atom is -0.345 e. The molecule has 0 radical (unpaired) electrons. The molecule has 3 nitrogen and oxygen atoms in total. The summed E-state index contributed by atoms with van der Waals surface area (Å²) in [5.74, 6) is -0.279. The van der Waals surface area contributed by atoms with Gasteiger partial charge in [0.15, 0.2) is 5.78 Å². The van der Waals surface area contributed by atoms with Crippen LogP contribution in [0.3, 0.4) is 0 Å². The van der Waals surface area contributed by atoms with E-state index in [1.807, 2.05) is 6.92 Å². The number of nitrogens with one attached hydrogen (secondary N) is 1. The summed E-state index contributed by atoms with van der Waals surface area (Å²) in [6.07, 6.45) is 0. The van der Waals surface area contributed by atoms with Crippen molar-refractivity contribution in [1.82, 2.24) is 5.32 Å². The number of halogens is 2. The van der Waals surface area contributed by atoms with Crippen molar-refractivity contribution in [3.63, 3.8) is 0 Å². The Morgan fingerprint density at radius 1 is 1.14 bits per heavy atom. The van der Waals surface area contributed by atoms with Gasteiger partial charge in [-0.05, 0) is 43.7 Å². The molecule has 0 spiro atoms. The van der Waals surface area contributed by atoms with E-state index in [-0.39, 0.29) is 17.7 Å². The van der Waals surface area contributed by atoms with Crippen LogP contribution in [0, 0.1) is 0 Å². The molecular formula is C15H13Cl2NO2S. The fourth-order valence-electron chi connectivity index (χ4n) is 1.85. The zero-order chi connectivity index (χ0) is 15.6. The third kappa shape index (κ3) is 3.84. The first-order chi connectivity index (χ1) is 9.88. The van der Waals surface area contributed by atoms with Gasteiger partial charge in [0.25, 0.3) is 5.91 Å². The van der Waals surface area contributed by atoms with Crippen LogP contribution in [0.4, 0.5) is 0 Å². The van der Waals surface area contributed by atoms with E-state index in [1.165, 1.54) is 18.3 Å². The van der Waals surface area contributed by atoms with Crippen molar-refractivity contribution in [1.29, 1.82) is 0 Å². The molecule has 2 rings (SSSR count). The van der Waals surface area contributed by atoms with E-state index >= 15 is 0 Å². The molecular weight excluding hydrogens is 329 g/mol. The summed E-state index contributed by atoms with van der Waals surface area (Å²) >= 11 is 13.2. The number of benzene rings is 1. The van der Waals surface area contributed by atoms with Crippen LogP contribution in [0.1, 0.15) is 44.8 Å². The van der Waals surface area contributed by atoms with E-state index in [9.17, 15) is 9.59 Å². The first kappa shape index (κ1) is 16.0. The molecule has 0 aliphatic carbocycles. The smallest absolute Gasteiger partial charge is 0.261 e. The lowest BCUT2D eigenvalue weighted by Gasteiger charge is -2.15. The van der Waals surface area contributed by atoms with Gasteiger partial charge in [0.1, 0.15) is 0 Å². The number of thiophene rings is 1. The van der Waals surface area contributed by atoms with Gasteiger partial charge in [0, 0.05) is 10.0 Å². The molecule has 0 aliphatic heterocycles. The number of carbonyl (C=O) groups is 2. The van der Waals surface area contributed by atoms with E-state index in [0.29, 0.717) is 19.8 Å². The highest BCUT2D eigenvalue weighted by molar-refractivity contribution is 7.15. The maximum absolute atomic E-state index is 12.2. The third-order valence-electron chi connectivity index (χ3n) is 2.95. The predicted octanol–water partition coefficient (Wildman–Crippen LogP) is 4.75. The molecule has 0 unspecified atom stereocenters. The normalized spacial score (nSPS) is 12.0. The minimum absolute atomic E-state index is 0.0483. The molecule has 2 aromatic rings. The number of amides is 1. The summed E-state index contributed by atoms with van der Waals surface area (Å²) in [7, 11) is 0. The topological polar surface area (TPSA) is 46.2 Å². The summed E-state index contributed by atoms with van der Waals surface area (Å²) < 4.78 is 0. The number of rotatable bonds is 4. The number of hydrogen-bond acceptors (Lipinski definition) is 3. The molecule has 6 heteroatoms. The zero-order valence-electron chi connectivity index (χ0n) is 11.4. The molecule has 0 saturated carbocycles. The molecule has 1 amide bonds. The van der Waals surface area contributed by atoms with E-state index in [4.69, 9.17) is 23.2 Å². The van der Waals surface area contributed by atoms with Crippen molar-refractivity contribution in [3.05, 3.63) is 55.7 Å². The highest BCUT2D eigenvalue weighted by atomic mass is 35.5. The molecule has 0 bridgehead atoms. The Morgan fingerprint density at radius 3 is 2.38 bits per heavy atom. The molecule has 1 aromatic carbocycles. The van der Waals surface area contributed by atoms with Gasteiger partial charge >= 0.3 is 0 Å². The van der Waals surface area contributed by atoms with E-state index in [1.54, 1.807) is 30.3 Å². The Bertz CT molecular complexity index is 697. The lowest BCUT2D eigenvalue weighted by atomic mass is 10.1. The van der Waals surface area contributed by atoms with Crippen molar-refractivity contribution in [2.75, 3.05) is 0 Å². The summed E-state index contributed by atoms with van der Waals surface area (Å²) in [6.45, 7) is 3.32. The Morgan fingerprint density at radius 2 is 1.81 bits per heavy atom. The van der Waals surface area contributed by atoms with Crippen LogP contribution in [0.5, 0.6) is 0 Å². The van der Waals surface area contributed by atoms with Crippen LogP contribution in [0.25, 0.3) is 0 Å². The highest BCUT2D eigenvalue weighted by Crippen LogP contribution is 2.26. The average Bonchev–Trinajstić information content (AvgIpc) is 2.88. The second-order valence-corrected chi connectivity index (χ2v) is 6.51. The predicted molar refractivity (Wildman–Crippen MR) is 86.7 cm³/mol. The van der Waals surface area contributed by atoms with Crippen molar-refractivity contribution >= 4 is 46.2 Å². The Labute approximate surface area is 136 Å². The van der Waals surface area contributed by atoms with Crippen molar-refractivity contribution in [3.8, 4) is 0 Å². The monoisotopic (exact) mass is 341 g/mol. The van der Waals surface area contributed by atoms with E-state index in [0.717, 1.165) is 5.56 Å². The third-order valence-corrected chi connectivity index (χ3v) is 4.70. The Kier molecular flexibility index (Phi) is 5.04. The maximum atomic E-state index is 12.2. The molecule has 21 heavy (non-hydrogen) atoms. The van der Waals surface area contributed by atoms with Gasteiger partial charge in [-0.3, -0.25) is 9.59 Å². The minimum atomic E-state index is -0.259. The second-order valence-electron chi connectivity index (χ2n) is 4.58. The van der Waals surface area contributed by atoms with Gasteiger partial charge in [0.05, 0.1) is 15.8 Å². The molecule has 1 atom stereocenters. The molecule has 0 fully saturated rings. The number of carbonyl (C=O) groups excluding carboxylic acids is 2. The van der Waals surface area contributed by atoms with Crippen LogP contribution in [0.2, 0.25) is 10.0 Å². The largest absolute Gasteiger partial charge is 0.345 e. The molecule has 110 valence electrons. The number of Topliss-reactive ketones (excluding diaryl/α,β-unsaturated/α-hetero) is 1. The quantitative estimate of drug-likeness (QED) is 0.815. The second kappa shape index (κ2) is 6.60. The molecule has 1 N–H and O–H groups in total. The molecule has 0 saturated heterocycles. The van der Waals surface area contributed by atoms with Gasteiger partial charge in [-0.2, -0.15) is 0 Å². The average molecular weight is 342 g/mol. The Balaban J connectivity index is 2.12. The van der Waals surface area contributed by atoms with Gasteiger partial charge in [-0.1, -0.05) is 29.3 Å². The van der Waals surface area contributed by atoms with Crippen LogP contribution < -0.4 is 5.32 Å². The Hall–Kier alpha value is -1.36. The molecule has 0 aliphatic rings. The summed E-state index contributed by atoms with van der Waals surface area (Å²) in [5, 5.41) is 3.91. The van der Waals surface area contributed by atoms with Crippen LogP contribution >= 0.6 is 34.5 Å². The molecule has 1 heterocycles. The summed E-state index contributed by atoms with van der Waals surface area (Å²) in [4.78, 5) is 24.5. The van der Waals surface area contributed by atoms with E-state index in [2.05, 4.69) is 5.32 Å². The highest BCUT2D eigenvalue weighted by Gasteiger charge is 2.16.